The van der Waals surface area contributed by atoms with Crippen molar-refractivity contribution in [2.45, 2.75) is 32.7 Å². The van der Waals surface area contributed by atoms with E-state index < -0.39 is 7.12 Å². The fourth-order valence-corrected chi connectivity index (χ4v) is 2.44. The molecule has 0 bridgehead atoms. The van der Waals surface area contributed by atoms with E-state index in [2.05, 4.69) is 11.0 Å². The molecule has 0 amide bonds. The molecule has 1 aliphatic rings. The highest BCUT2D eigenvalue weighted by Gasteiger charge is 2.16. The van der Waals surface area contributed by atoms with Crippen molar-refractivity contribution in [3.8, 4) is 0 Å². The third-order valence-electron chi connectivity index (χ3n) is 3.48. The zero-order valence-corrected chi connectivity index (χ0v) is 10.4. The number of hydrogen-bond donors (Lipinski definition) is 2. The van der Waals surface area contributed by atoms with E-state index >= 15 is 0 Å². The largest absolute Gasteiger partial charge is 0.488 e. The summed E-state index contributed by atoms with van der Waals surface area (Å²) in [5, 5.41) is 18.6. The molecule has 1 saturated heterocycles. The quantitative estimate of drug-likeness (QED) is 0.754. The minimum absolute atomic E-state index is 0.625. The normalized spacial score (nSPS) is 17.1. The van der Waals surface area contributed by atoms with Gasteiger partial charge in [-0.15, -0.1) is 0 Å². The van der Waals surface area contributed by atoms with Crippen molar-refractivity contribution < 1.29 is 10.0 Å². The molecule has 1 aliphatic heterocycles. The van der Waals surface area contributed by atoms with Crippen LogP contribution in [0.3, 0.4) is 0 Å². The van der Waals surface area contributed by atoms with Gasteiger partial charge in [0.2, 0.25) is 0 Å². The molecule has 0 aliphatic carbocycles. The number of aryl methyl sites for hydroxylation is 1. The number of benzene rings is 1. The van der Waals surface area contributed by atoms with E-state index in [1.165, 1.54) is 24.8 Å². The smallest absolute Gasteiger partial charge is 0.423 e. The highest BCUT2D eigenvalue weighted by atomic mass is 16.4. The van der Waals surface area contributed by atoms with Crippen LogP contribution < -0.4 is 5.46 Å². The maximum Gasteiger partial charge on any atom is 0.488 e. The average Bonchev–Trinajstić information content (AvgIpc) is 2.32. The maximum atomic E-state index is 9.28. The lowest BCUT2D eigenvalue weighted by Crippen LogP contribution is -2.34. The average molecular weight is 233 g/mol. The molecule has 0 saturated carbocycles. The summed E-state index contributed by atoms with van der Waals surface area (Å²) in [6.45, 7) is 5.13. The molecule has 2 N–H and O–H groups in total. The summed E-state index contributed by atoms with van der Waals surface area (Å²) in [6.07, 6.45) is 3.90. The lowest BCUT2D eigenvalue weighted by atomic mass is 9.76. The fraction of sp³-hybridized carbons (Fsp3) is 0.538. The van der Waals surface area contributed by atoms with E-state index in [0.29, 0.717) is 5.46 Å². The summed E-state index contributed by atoms with van der Waals surface area (Å²) in [5.41, 5.74) is 2.72. The Morgan fingerprint density at radius 2 is 1.88 bits per heavy atom. The third kappa shape index (κ3) is 3.31. The second kappa shape index (κ2) is 5.67. The van der Waals surface area contributed by atoms with E-state index in [0.717, 1.165) is 25.2 Å². The molecule has 0 atom stereocenters. The van der Waals surface area contributed by atoms with Gasteiger partial charge in [0.05, 0.1) is 0 Å². The second-order valence-electron chi connectivity index (χ2n) is 4.90. The molecule has 0 aromatic heterocycles. The predicted octanol–water partition coefficient (Wildman–Crippen LogP) is 0.661. The Balaban J connectivity index is 2.07. The zero-order chi connectivity index (χ0) is 12.3. The van der Waals surface area contributed by atoms with Crippen molar-refractivity contribution in [3.63, 3.8) is 0 Å². The predicted molar refractivity (Wildman–Crippen MR) is 70.1 cm³/mol. The van der Waals surface area contributed by atoms with Gasteiger partial charge in [-0.2, -0.15) is 0 Å². The van der Waals surface area contributed by atoms with Gasteiger partial charge in [-0.1, -0.05) is 30.2 Å². The molecule has 4 heteroatoms. The Hall–Kier alpha value is -0.835. The van der Waals surface area contributed by atoms with Gasteiger partial charge in [-0.3, -0.25) is 4.90 Å². The molecule has 1 heterocycles. The SMILES string of the molecule is Cc1ccc(CN2CCCCC2)cc1B(O)O. The van der Waals surface area contributed by atoms with Crippen LogP contribution in [0, 0.1) is 6.92 Å². The van der Waals surface area contributed by atoms with Crippen molar-refractivity contribution in [3.05, 3.63) is 29.3 Å². The second-order valence-corrected chi connectivity index (χ2v) is 4.90. The number of nitrogens with zero attached hydrogens (tertiary/aromatic N) is 1. The topological polar surface area (TPSA) is 43.7 Å². The number of piperidine rings is 1. The van der Waals surface area contributed by atoms with Crippen LogP contribution in [0.25, 0.3) is 0 Å². The van der Waals surface area contributed by atoms with Crippen molar-refractivity contribution in [2.24, 2.45) is 0 Å². The summed E-state index contributed by atoms with van der Waals surface area (Å²) in [6, 6.07) is 5.96. The Labute approximate surface area is 103 Å². The van der Waals surface area contributed by atoms with Gasteiger partial charge in [0.1, 0.15) is 0 Å². The van der Waals surface area contributed by atoms with Crippen molar-refractivity contribution >= 4 is 12.6 Å². The minimum Gasteiger partial charge on any atom is -0.423 e. The van der Waals surface area contributed by atoms with Crippen LogP contribution in [0.1, 0.15) is 30.4 Å². The van der Waals surface area contributed by atoms with Gasteiger partial charge >= 0.3 is 7.12 Å². The number of likely N-dealkylation sites (tertiary alicyclic amines) is 1. The lowest BCUT2D eigenvalue weighted by Gasteiger charge is -2.26. The van der Waals surface area contributed by atoms with Gasteiger partial charge in [-0.25, -0.2) is 0 Å². The highest BCUT2D eigenvalue weighted by Crippen LogP contribution is 2.13. The monoisotopic (exact) mass is 233 g/mol. The molecule has 0 spiro atoms. The molecular formula is C13H20BNO2. The maximum absolute atomic E-state index is 9.28. The Morgan fingerprint density at radius 1 is 1.18 bits per heavy atom. The van der Waals surface area contributed by atoms with Crippen LogP contribution in [-0.2, 0) is 6.54 Å². The van der Waals surface area contributed by atoms with Crippen molar-refractivity contribution in [2.75, 3.05) is 13.1 Å². The highest BCUT2D eigenvalue weighted by molar-refractivity contribution is 6.59. The molecular weight excluding hydrogens is 213 g/mol. The van der Waals surface area contributed by atoms with E-state index in [-0.39, 0.29) is 0 Å². The molecule has 0 radical (unpaired) electrons. The van der Waals surface area contributed by atoms with Crippen LogP contribution in [0.2, 0.25) is 0 Å². The molecule has 1 aromatic carbocycles. The van der Waals surface area contributed by atoms with E-state index in [1.54, 1.807) is 0 Å². The summed E-state index contributed by atoms with van der Waals surface area (Å²) in [7, 11) is -1.36. The first-order valence-corrected chi connectivity index (χ1v) is 6.35. The zero-order valence-electron chi connectivity index (χ0n) is 10.4. The van der Waals surface area contributed by atoms with E-state index in [1.807, 2.05) is 19.1 Å². The van der Waals surface area contributed by atoms with Gasteiger partial charge in [0.25, 0.3) is 0 Å². The first-order valence-electron chi connectivity index (χ1n) is 6.35. The molecule has 1 fully saturated rings. The standard InChI is InChI=1S/C13H20BNO2/c1-11-5-6-12(9-13(11)14(16)17)10-15-7-3-2-4-8-15/h5-6,9,16-17H,2-4,7-8,10H2,1H3. The van der Waals surface area contributed by atoms with E-state index in [9.17, 15) is 10.0 Å². The number of hydrogen-bond acceptors (Lipinski definition) is 3. The molecule has 1 aromatic rings. The van der Waals surface area contributed by atoms with Gasteiger partial charge < -0.3 is 10.0 Å². The lowest BCUT2D eigenvalue weighted by molar-refractivity contribution is 0.221. The van der Waals surface area contributed by atoms with Gasteiger partial charge in [-0.05, 0) is 43.9 Å². The van der Waals surface area contributed by atoms with Crippen LogP contribution in [0.4, 0.5) is 0 Å². The van der Waals surface area contributed by atoms with Crippen LogP contribution in [0.5, 0.6) is 0 Å². The molecule has 3 nitrogen and oxygen atoms in total. The molecule has 92 valence electrons. The molecule has 17 heavy (non-hydrogen) atoms. The summed E-state index contributed by atoms with van der Waals surface area (Å²) in [4.78, 5) is 2.43. The number of rotatable bonds is 3. The van der Waals surface area contributed by atoms with Gasteiger partial charge in [0.15, 0.2) is 0 Å². The minimum atomic E-state index is -1.36. The Morgan fingerprint density at radius 3 is 2.53 bits per heavy atom. The molecule has 2 rings (SSSR count). The Bertz CT molecular complexity index is 376. The first-order chi connectivity index (χ1) is 8.16. The fourth-order valence-electron chi connectivity index (χ4n) is 2.44. The summed E-state index contributed by atoms with van der Waals surface area (Å²) >= 11 is 0. The first kappa shape index (κ1) is 12.6. The van der Waals surface area contributed by atoms with Gasteiger partial charge in [0, 0.05) is 6.54 Å². The molecule has 0 unspecified atom stereocenters. The summed E-state index contributed by atoms with van der Waals surface area (Å²) < 4.78 is 0. The van der Waals surface area contributed by atoms with Crippen LogP contribution in [0.15, 0.2) is 18.2 Å². The van der Waals surface area contributed by atoms with Crippen molar-refractivity contribution in [1.82, 2.24) is 4.90 Å². The Kier molecular flexibility index (Phi) is 4.21. The third-order valence-corrected chi connectivity index (χ3v) is 3.48. The summed E-state index contributed by atoms with van der Waals surface area (Å²) in [5.74, 6) is 0. The van der Waals surface area contributed by atoms with Crippen LogP contribution >= 0.6 is 0 Å². The van der Waals surface area contributed by atoms with E-state index in [4.69, 9.17) is 0 Å². The van der Waals surface area contributed by atoms with Crippen molar-refractivity contribution in [1.29, 1.82) is 0 Å². The van der Waals surface area contributed by atoms with Crippen LogP contribution in [-0.4, -0.2) is 35.2 Å².